The minimum atomic E-state index is -0.131. The number of aromatic nitrogens is 2. The fourth-order valence-electron chi connectivity index (χ4n) is 2.49. The Labute approximate surface area is 152 Å². The van der Waals surface area contributed by atoms with Gasteiger partial charge in [-0.3, -0.25) is 4.79 Å². The fraction of sp³-hybridized carbons (Fsp3) is 0.765. The second-order valence-corrected chi connectivity index (χ2v) is 5.66. The van der Waals surface area contributed by atoms with Crippen molar-refractivity contribution in [2.45, 2.75) is 78.3 Å². The van der Waals surface area contributed by atoms with Gasteiger partial charge in [0.2, 0.25) is 6.33 Å². The number of methoxy groups -OCH3 is 1. The second-order valence-electron chi connectivity index (χ2n) is 5.66. The molecule has 1 heterocycles. The number of halogens is 1. The summed E-state index contributed by atoms with van der Waals surface area (Å²) in [5.74, 6) is -0.131. The highest BCUT2D eigenvalue weighted by molar-refractivity contribution is 5.69. The molecule has 0 radical (unpaired) electrons. The maximum atomic E-state index is 11.3. The van der Waals surface area contributed by atoms with Gasteiger partial charge in [0.25, 0.3) is 0 Å². The smallest absolute Gasteiger partial charge is 0.305 e. The van der Waals surface area contributed by atoms with Crippen LogP contribution in [0.3, 0.4) is 0 Å². The van der Waals surface area contributed by atoms with Gasteiger partial charge in [0.05, 0.1) is 26.6 Å². The van der Waals surface area contributed by atoms with Crippen molar-refractivity contribution < 1.29 is 38.1 Å². The molecule has 4 nitrogen and oxygen atoms in total. The predicted octanol–water partition coefficient (Wildman–Crippen LogP) is 0.266. The zero-order valence-electron chi connectivity index (χ0n) is 14.3. The van der Waals surface area contributed by atoms with Crippen LogP contribution in [-0.2, 0) is 29.0 Å². The summed E-state index contributed by atoms with van der Waals surface area (Å²) in [6, 6.07) is 0. The lowest BCUT2D eigenvalue weighted by molar-refractivity contribution is -0.697. The van der Waals surface area contributed by atoms with Gasteiger partial charge in [0.15, 0.2) is 0 Å². The van der Waals surface area contributed by atoms with Crippen LogP contribution in [-0.4, -0.2) is 17.6 Å². The summed E-state index contributed by atoms with van der Waals surface area (Å²) >= 11 is 0. The third-order valence-electron chi connectivity index (χ3n) is 3.81. The number of hydrogen-bond donors (Lipinski definition) is 0. The molecule has 0 aromatic carbocycles. The maximum Gasteiger partial charge on any atom is 0.305 e. The van der Waals surface area contributed by atoms with Crippen molar-refractivity contribution in [2.24, 2.45) is 0 Å². The van der Waals surface area contributed by atoms with Crippen molar-refractivity contribution in [1.29, 1.82) is 0 Å². The number of ether oxygens (including phenoxy) is 1. The van der Waals surface area contributed by atoms with Crippen LogP contribution in [0.25, 0.3) is 0 Å². The first-order chi connectivity index (χ1) is 10.2. The second kappa shape index (κ2) is 12.9. The maximum absolute atomic E-state index is 11.3. The highest BCUT2D eigenvalue weighted by Gasteiger charge is 2.14. The van der Waals surface area contributed by atoms with E-state index in [1.807, 2.05) is 0 Å². The van der Waals surface area contributed by atoms with Crippen molar-refractivity contribution >= 4 is 5.97 Å². The van der Waals surface area contributed by atoms with Crippen molar-refractivity contribution in [3.63, 3.8) is 0 Å². The van der Waals surface area contributed by atoms with E-state index in [2.05, 4.69) is 35.5 Å². The Bertz CT molecular complexity index is 419. The molecular formula is C17H31IN2O2. The Morgan fingerprint density at radius 3 is 2.50 bits per heavy atom. The number of aryl methyl sites for hydroxylation is 3. The molecule has 0 spiro atoms. The first-order valence-corrected chi connectivity index (χ1v) is 8.36. The average molecular weight is 422 g/mol. The third kappa shape index (κ3) is 8.15. The summed E-state index contributed by atoms with van der Waals surface area (Å²) in [6.07, 6.45) is 13.0. The SMILES string of the molecule is CCCCCn1c[n+](CCCCC)cc1CCC(=O)OC.[I-]. The van der Waals surface area contributed by atoms with Gasteiger partial charge >= 0.3 is 5.97 Å². The van der Waals surface area contributed by atoms with Gasteiger partial charge in [-0.05, 0) is 25.7 Å². The molecule has 0 N–H and O–H groups in total. The first-order valence-electron chi connectivity index (χ1n) is 8.36. The first kappa shape index (κ1) is 21.4. The van der Waals surface area contributed by atoms with Crippen LogP contribution < -0.4 is 28.5 Å². The summed E-state index contributed by atoms with van der Waals surface area (Å²) in [6.45, 7) is 6.56. The molecule has 0 bridgehead atoms. The minimum absolute atomic E-state index is 0. The molecule has 1 rings (SSSR count). The van der Waals surface area contributed by atoms with E-state index in [1.165, 1.54) is 51.3 Å². The molecular weight excluding hydrogens is 391 g/mol. The molecule has 0 aliphatic heterocycles. The quantitative estimate of drug-likeness (QED) is 0.222. The lowest BCUT2D eigenvalue weighted by Gasteiger charge is -2.01. The molecule has 1 aromatic heterocycles. The van der Waals surface area contributed by atoms with Gasteiger partial charge in [-0.15, -0.1) is 0 Å². The highest BCUT2D eigenvalue weighted by Crippen LogP contribution is 2.07. The Morgan fingerprint density at radius 1 is 1.18 bits per heavy atom. The van der Waals surface area contributed by atoms with Gasteiger partial charge in [0, 0.05) is 6.42 Å². The van der Waals surface area contributed by atoms with E-state index in [4.69, 9.17) is 4.74 Å². The molecule has 0 saturated carbocycles. The van der Waals surface area contributed by atoms with E-state index in [-0.39, 0.29) is 29.9 Å². The van der Waals surface area contributed by atoms with Crippen molar-refractivity contribution in [3.8, 4) is 0 Å². The molecule has 0 saturated heterocycles. The highest BCUT2D eigenvalue weighted by atomic mass is 127. The summed E-state index contributed by atoms with van der Waals surface area (Å²) in [5, 5.41) is 0. The number of esters is 1. The van der Waals surface area contributed by atoms with Gasteiger partial charge in [0.1, 0.15) is 11.9 Å². The van der Waals surface area contributed by atoms with Crippen molar-refractivity contribution in [3.05, 3.63) is 18.2 Å². The van der Waals surface area contributed by atoms with Crippen molar-refractivity contribution in [2.75, 3.05) is 7.11 Å². The molecule has 0 unspecified atom stereocenters. The summed E-state index contributed by atoms with van der Waals surface area (Å²) < 4.78 is 9.32. The zero-order valence-corrected chi connectivity index (χ0v) is 16.5. The van der Waals surface area contributed by atoms with E-state index >= 15 is 0 Å². The Morgan fingerprint density at radius 2 is 1.86 bits per heavy atom. The van der Waals surface area contributed by atoms with Crippen LogP contribution in [0.2, 0.25) is 0 Å². The number of carbonyl (C=O) groups is 1. The lowest BCUT2D eigenvalue weighted by Crippen LogP contribution is -3.00. The van der Waals surface area contributed by atoms with Gasteiger partial charge in [-0.25, -0.2) is 9.13 Å². The molecule has 0 atom stereocenters. The lowest BCUT2D eigenvalue weighted by atomic mass is 10.2. The Balaban J connectivity index is 0.00000441. The van der Waals surface area contributed by atoms with Crippen LogP contribution in [0, 0.1) is 0 Å². The molecule has 1 aromatic rings. The standard InChI is InChI=1S/C17H31N2O2.HI/c1-4-6-8-12-18-14-16(10-11-17(20)21-3)19(15-18)13-9-7-5-2;/h14-15H,4-13H2,1-3H3;1H/q+1;/p-1. The predicted molar refractivity (Wildman–Crippen MR) is 84.0 cm³/mol. The number of hydrogen-bond acceptors (Lipinski definition) is 2. The van der Waals surface area contributed by atoms with Crippen LogP contribution in [0.5, 0.6) is 0 Å². The monoisotopic (exact) mass is 422 g/mol. The average Bonchev–Trinajstić information content (AvgIpc) is 2.87. The summed E-state index contributed by atoms with van der Waals surface area (Å²) in [5.41, 5.74) is 1.24. The Kier molecular flexibility index (Phi) is 12.6. The van der Waals surface area contributed by atoms with E-state index in [1.54, 1.807) is 0 Å². The number of carbonyl (C=O) groups excluding carboxylic acids is 1. The molecule has 0 fully saturated rings. The molecule has 128 valence electrons. The van der Waals surface area contributed by atoms with Gasteiger partial charge < -0.3 is 28.7 Å². The largest absolute Gasteiger partial charge is 1.00 e. The summed E-state index contributed by atoms with van der Waals surface area (Å²) in [7, 11) is 1.45. The van der Waals surface area contributed by atoms with E-state index < -0.39 is 0 Å². The van der Waals surface area contributed by atoms with Crippen LogP contribution in [0.1, 0.15) is 64.5 Å². The number of rotatable bonds is 11. The van der Waals surface area contributed by atoms with Gasteiger partial charge in [-0.1, -0.05) is 26.7 Å². The molecule has 0 aliphatic rings. The normalized spacial score (nSPS) is 10.3. The van der Waals surface area contributed by atoms with Gasteiger partial charge in [-0.2, -0.15) is 0 Å². The van der Waals surface area contributed by atoms with E-state index in [0.29, 0.717) is 6.42 Å². The molecule has 0 aliphatic carbocycles. The summed E-state index contributed by atoms with van der Waals surface area (Å²) in [4.78, 5) is 11.3. The molecule has 5 heteroatoms. The zero-order chi connectivity index (χ0) is 15.5. The number of nitrogens with zero attached hydrogens (tertiary/aromatic N) is 2. The van der Waals surface area contributed by atoms with Crippen LogP contribution in [0.15, 0.2) is 12.5 Å². The van der Waals surface area contributed by atoms with Crippen LogP contribution in [0.4, 0.5) is 0 Å². The van der Waals surface area contributed by atoms with Crippen molar-refractivity contribution in [1.82, 2.24) is 4.57 Å². The third-order valence-corrected chi connectivity index (χ3v) is 3.81. The topological polar surface area (TPSA) is 35.1 Å². The molecule has 22 heavy (non-hydrogen) atoms. The Hall–Kier alpha value is -0.590. The molecule has 0 amide bonds. The van der Waals surface area contributed by atoms with Crippen LogP contribution >= 0.6 is 0 Å². The number of imidazole rings is 1. The fourth-order valence-corrected chi connectivity index (χ4v) is 2.49. The minimum Gasteiger partial charge on any atom is -1.00 e. The number of unbranched alkanes of at least 4 members (excludes halogenated alkanes) is 4. The van der Waals surface area contributed by atoms with E-state index in [0.717, 1.165) is 19.5 Å². The van der Waals surface area contributed by atoms with E-state index in [9.17, 15) is 4.79 Å².